The van der Waals surface area contributed by atoms with Gasteiger partial charge in [0.25, 0.3) is 0 Å². The summed E-state index contributed by atoms with van der Waals surface area (Å²) < 4.78 is 19.8. The van der Waals surface area contributed by atoms with E-state index in [2.05, 4.69) is 20.3 Å². The number of nitrogens with one attached hydrogen (secondary N) is 1. The van der Waals surface area contributed by atoms with Gasteiger partial charge in [-0.05, 0) is 42.8 Å². The number of amides is 1. The Balaban J connectivity index is 1.32. The van der Waals surface area contributed by atoms with Gasteiger partial charge in [-0.25, -0.2) is 19.3 Å². The standard InChI is InChI=1S/C23H17FN4O2S3/c1-2-30-15-7-8-17-18(9-15)33-23(27-17)28-19(29)11-32-22-20-16(10-31-21(20)25-12-26-22)13-3-5-14(24)6-4-13/h3-10,12H,2,11H2,1H3,(H,27,28,29). The molecule has 1 amide bonds. The number of thiazole rings is 1. The summed E-state index contributed by atoms with van der Waals surface area (Å²) in [6, 6.07) is 12.0. The molecule has 0 spiro atoms. The number of carbonyl (C=O) groups excluding carboxylic acids is 1. The Kier molecular flexibility index (Phi) is 6.21. The molecule has 10 heteroatoms. The van der Waals surface area contributed by atoms with Gasteiger partial charge in [-0.3, -0.25) is 4.79 Å². The third-order valence-electron chi connectivity index (χ3n) is 4.75. The second-order valence-corrected chi connectivity index (χ2v) is 9.79. The smallest absolute Gasteiger partial charge is 0.236 e. The number of anilines is 1. The van der Waals surface area contributed by atoms with Gasteiger partial charge >= 0.3 is 0 Å². The maximum atomic E-state index is 13.4. The zero-order chi connectivity index (χ0) is 22.8. The van der Waals surface area contributed by atoms with Crippen molar-refractivity contribution in [3.05, 3.63) is 60.0 Å². The predicted molar refractivity (Wildman–Crippen MR) is 133 cm³/mol. The summed E-state index contributed by atoms with van der Waals surface area (Å²) in [5.41, 5.74) is 2.62. The highest BCUT2D eigenvalue weighted by Gasteiger charge is 2.16. The molecule has 0 aliphatic heterocycles. The Morgan fingerprint density at radius 2 is 2.03 bits per heavy atom. The van der Waals surface area contributed by atoms with Crippen molar-refractivity contribution in [1.82, 2.24) is 15.0 Å². The van der Waals surface area contributed by atoms with Crippen molar-refractivity contribution in [1.29, 1.82) is 0 Å². The molecule has 0 saturated carbocycles. The lowest BCUT2D eigenvalue weighted by molar-refractivity contribution is -0.113. The Labute approximate surface area is 200 Å². The molecule has 0 bridgehead atoms. The highest BCUT2D eigenvalue weighted by Crippen LogP contribution is 2.38. The average Bonchev–Trinajstić information content (AvgIpc) is 3.42. The van der Waals surface area contributed by atoms with Gasteiger partial charge in [0.05, 0.1) is 28.0 Å². The molecule has 3 aromatic heterocycles. The Bertz CT molecular complexity index is 1450. The van der Waals surface area contributed by atoms with Crippen LogP contribution in [0.5, 0.6) is 5.75 Å². The minimum atomic E-state index is -0.287. The molecule has 0 radical (unpaired) electrons. The summed E-state index contributed by atoms with van der Waals surface area (Å²) >= 11 is 4.23. The minimum Gasteiger partial charge on any atom is -0.494 e. The number of hydrogen-bond donors (Lipinski definition) is 1. The van der Waals surface area contributed by atoms with Crippen LogP contribution in [-0.4, -0.2) is 33.2 Å². The van der Waals surface area contributed by atoms with Crippen molar-refractivity contribution >= 4 is 65.9 Å². The fraction of sp³-hybridized carbons (Fsp3) is 0.130. The highest BCUT2D eigenvalue weighted by atomic mass is 32.2. The van der Waals surface area contributed by atoms with Crippen LogP contribution >= 0.6 is 34.4 Å². The summed E-state index contributed by atoms with van der Waals surface area (Å²) in [5, 5.41) is 6.97. The van der Waals surface area contributed by atoms with Crippen LogP contribution in [0.3, 0.4) is 0 Å². The largest absolute Gasteiger partial charge is 0.494 e. The number of thiophene rings is 1. The second-order valence-electron chi connectivity index (χ2n) is 6.93. The number of hydrogen-bond acceptors (Lipinski definition) is 8. The lowest BCUT2D eigenvalue weighted by atomic mass is 10.1. The molecule has 5 aromatic rings. The fourth-order valence-electron chi connectivity index (χ4n) is 3.30. The molecule has 5 rings (SSSR count). The van der Waals surface area contributed by atoms with Crippen LogP contribution in [-0.2, 0) is 4.79 Å². The van der Waals surface area contributed by atoms with Crippen molar-refractivity contribution < 1.29 is 13.9 Å². The lowest BCUT2D eigenvalue weighted by Crippen LogP contribution is -2.13. The first-order chi connectivity index (χ1) is 16.1. The Hall–Kier alpha value is -3.08. The van der Waals surface area contributed by atoms with Gasteiger partial charge in [-0.15, -0.1) is 11.3 Å². The molecule has 166 valence electrons. The Morgan fingerprint density at radius 3 is 2.85 bits per heavy atom. The molecule has 6 nitrogen and oxygen atoms in total. The average molecular weight is 497 g/mol. The normalized spacial score (nSPS) is 11.2. The first-order valence-electron chi connectivity index (χ1n) is 10.0. The SMILES string of the molecule is CCOc1ccc2nc(NC(=O)CSc3ncnc4scc(-c5ccc(F)cc5)c34)sc2c1. The third-order valence-corrected chi connectivity index (χ3v) is 7.56. The number of rotatable bonds is 7. The second kappa shape index (κ2) is 9.42. The molecule has 0 aliphatic carbocycles. The van der Waals surface area contributed by atoms with E-state index in [1.54, 1.807) is 12.1 Å². The first kappa shape index (κ1) is 21.7. The molecule has 2 aromatic carbocycles. The summed E-state index contributed by atoms with van der Waals surface area (Å²) in [6.45, 7) is 2.53. The van der Waals surface area contributed by atoms with Gasteiger partial charge in [0.1, 0.15) is 27.8 Å². The van der Waals surface area contributed by atoms with Crippen LogP contribution in [0.1, 0.15) is 6.92 Å². The summed E-state index contributed by atoms with van der Waals surface area (Å²) in [6.07, 6.45) is 1.50. The van der Waals surface area contributed by atoms with Gasteiger partial charge in [0, 0.05) is 10.9 Å². The molecule has 1 N–H and O–H groups in total. The van der Waals surface area contributed by atoms with Gasteiger partial charge in [-0.2, -0.15) is 0 Å². The van der Waals surface area contributed by atoms with Gasteiger partial charge in [0.15, 0.2) is 5.13 Å². The summed E-state index contributed by atoms with van der Waals surface area (Å²) in [4.78, 5) is 26.7. The van der Waals surface area contributed by atoms with E-state index in [0.29, 0.717) is 16.8 Å². The number of fused-ring (bicyclic) bond motifs is 2. The minimum absolute atomic E-state index is 0.172. The molecule has 0 saturated heterocycles. The van der Waals surface area contributed by atoms with Crippen LogP contribution in [0.2, 0.25) is 0 Å². The Morgan fingerprint density at radius 1 is 1.18 bits per heavy atom. The maximum absolute atomic E-state index is 13.4. The number of ether oxygens (including phenoxy) is 1. The molecule has 0 aliphatic rings. The first-order valence-corrected chi connectivity index (χ1v) is 12.7. The predicted octanol–water partition coefficient (Wildman–Crippen LogP) is 6.24. The van der Waals surface area contributed by atoms with Crippen LogP contribution in [0.25, 0.3) is 31.6 Å². The quantitative estimate of drug-likeness (QED) is 0.212. The van der Waals surface area contributed by atoms with Gasteiger partial charge < -0.3 is 10.1 Å². The number of aromatic nitrogens is 3. The fourth-order valence-corrected chi connectivity index (χ4v) is 6.01. The van der Waals surface area contributed by atoms with Crippen LogP contribution < -0.4 is 10.1 Å². The van der Waals surface area contributed by atoms with E-state index in [-0.39, 0.29) is 17.5 Å². The number of benzene rings is 2. The maximum Gasteiger partial charge on any atom is 0.236 e. The third kappa shape index (κ3) is 4.68. The number of thioether (sulfide) groups is 1. The van der Waals surface area contributed by atoms with E-state index in [1.807, 2.05) is 30.5 Å². The van der Waals surface area contributed by atoms with E-state index in [9.17, 15) is 9.18 Å². The topological polar surface area (TPSA) is 77.0 Å². The molecule has 0 unspecified atom stereocenters. The van der Waals surface area contributed by atoms with Gasteiger partial charge in [-0.1, -0.05) is 35.2 Å². The van der Waals surface area contributed by atoms with Crippen molar-refractivity contribution in [2.24, 2.45) is 0 Å². The van der Waals surface area contributed by atoms with Crippen LogP contribution in [0, 0.1) is 5.82 Å². The highest BCUT2D eigenvalue weighted by molar-refractivity contribution is 8.00. The summed E-state index contributed by atoms with van der Waals surface area (Å²) in [7, 11) is 0. The molecular weight excluding hydrogens is 479 g/mol. The molecule has 0 atom stereocenters. The monoisotopic (exact) mass is 496 g/mol. The molecular formula is C23H17FN4O2S3. The van der Waals surface area contributed by atoms with Crippen LogP contribution in [0.15, 0.2) is 59.2 Å². The summed E-state index contributed by atoms with van der Waals surface area (Å²) in [5.74, 6) is 0.493. The zero-order valence-corrected chi connectivity index (χ0v) is 19.8. The molecule has 33 heavy (non-hydrogen) atoms. The molecule has 0 fully saturated rings. The number of nitrogens with zero attached hydrogens (tertiary/aromatic N) is 3. The van der Waals surface area contributed by atoms with Crippen molar-refractivity contribution in [3.63, 3.8) is 0 Å². The number of halogens is 1. The number of carbonyl (C=O) groups is 1. The van der Waals surface area contributed by atoms with E-state index >= 15 is 0 Å². The zero-order valence-electron chi connectivity index (χ0n) is 17.4. The lowest BCUT2D eigenvalue weighted by Gasteiger charge is -2.05. The van der Waals surface area contributed by atoms with Crippen LogP contribution in [0.4, 0.5) is 9.52 Å². The van der Waals surface area contributed by atoms with Crippen molar-refractivity contribution in [2.75, 3.05) is 17.7 Å². The van der Waals surface area contributed by atoms with Crippen molar-refractivity contribution in [3.8, 4) is 16.9 Å². The van der Waals surface area contributed by atoms with E-state index in [4.69, 9.17) is 4.74 Å². The van der Waals surface area contributed by atoms with Gasteiger partial charge in [0.2, 0.25) is 5.91 Å². The van der Waals surface area contributed by atoms with E-state index in [0.717, 1.165) is 37.3 Å². The van der Waals surface area contributed by atoms with E-state index in [1.165, 1.54) is 52.9 Å². The van der Waals surface area contributed by atoms with Crippen molar-refractivity contribution in [2.45, 2.75) is 11.9 Å². The molecule has 3 heterocycles. The van der Waals surface area contributed by atoms with E-state index < -0.39 is 0 Å².